The van der Waals surface area contributed by atoms with Gasteiger partial charge in [-0.25, -0.2) is 9.13 Å². The highest BCUT2D eigenvalue weighted by molar-refractivity contribution is 7.46. The van der Waals surface area contributed by atoms with Gasteiger partial charge in [0, 0.05) is 9.58 Å². The Morgan fingerprint density at radius 3 is 2.79 bits per heavy atom. The molecule has 0 unspecified atom stereocenters. The van der Waals surface area contributed by atoms with E-state index in [1.807, 2.05) is 30.3 Å². The number of H-pyrrole nitrogens is 1. The van der Waals surface area contributed by atoms with Crippen molar-refractivity contribution in [1.82, 2.24) is 14.5 Å². The van der Waals surface area contributed by atoms with E-state index in [0.29, 0.717) is 6.54 Å². The smallest absolute Gasteiger partial charge is 0.387 e. The van der Waals surface area contributed by atoms with Gasteiger partial charge in [0.1, 0.15) is 24.9 Å². The Morgan fingerprint density at radius 2 is 2.06 bits per heavy atom. The first-order valence-corrected chi connectivity index (χ1v) is 12.4. The van der Waals surface area contributed by atoms with E-state index in [4.69, 9.17) is 20.3 Å². The molecular formula is C19H21N5O8PS+. The van der Waals surface area contributed by atoms with E-state index in [1.54, 1.807) is 15.9 Å². The van der Waals surface area contributed by atoms with Gasteiger partial charge in [0.15, 0.2) is 6.33 Å². The SMILES string of the molecule is Nc1nc2c(c(=O)[nH]1)n(Cc1cc3ccccc3s1)c[n+]2[C@H]1O[C@@H](COP(=O)(O)O)[C@H](O)[C@@H]1O. The summed E-state index contributed by atoms with van der Waals surface area (Å²) >= 11 is 1.56. The van der Waals surface area contributed by atoms with Gasteiger partial charge < -0.3 is 30.5 Å². The molecule has 3 aromatic heterocycles. The standard InChI is InChI=1S/C19H20N5O8PS/c20-19-21-16-13(17(27)22-19)23(6-10-5-9-3-1-2-4-12(9)34-10)8-24(16)18-15(26)14(25)11(32-18)7-31-33(28,29)30/h1-5,8,11,14-15,18,25-26H,6-7H2,(H4-,20,21,22,27,28,29,30)/p+1/t11-,14-,15-,18-/m0/s1. The van der Waals surface area contributed by atoms with Crippen LogP contribution in [0.25, 0.3) is 21.3 Å². The van der Waals surface area contributed by atoms with Crippen molar-refractivity contribution in [3.05, 3.63) is 51.9 Å². The summed E-state index contributed by atoms with van der Waals surface area (Å²) in [6.45, 7) is -0.343. The Hall–Kier alpha value is -2.68. The fraction of sp³-hybridized carbons (Fsp3) is 0.316. The molecule has 4 aromatic rings. The van der Waals surface area contributed by atoms with E-state index >= 15 is 0 Å². The van der Waals surface area contributed by atoms with Crippen molar-refractivity contribution in [2.24, 2.45) is 0 Å². The second-order valence-electron chi connectivity index (χ2n) is 7.86. The highest BCUT2D eigenvalue weighted by Crippen LogP contribution is 2.38. The molecule has 13 nitrogen and oxygen atoms in total. The molecule has 1 aliphatic rings. The Labute approximate surface area is 194 Å². The number of aliphatic hydroxyl groups excluding tert-OH is 2. The average Bonchev–Trinajstić information content (AvgIpc) is 3.41. The largest absolute Gasteiger partial charge is 0.469 e. The van der Waals surface area contributed by atoms with E-state index in [9.17, 15) is 19.6 Å². The lowest BCUT2D eigenvalue weighted by atomic mass is 10.1. The minimum Gasteiger partial charge on any atom is -0.387 e. The third-order valence-electron chi connectivity index (χ3n) is 5.51. The second kappa shape index (κ2) is 8.52. The van der Waals surface area contributed by atoms with Crippen LogP contribution in [0.5, 0.6) is 0 Å². The molecule has 1 aromatic carbocycles. The number of rotatable bonds is 6. The molecule has 0 amide bonds. The van der Waals surface area contributed by atoms with Crippen LogP contribution in [-0.4, -0.2) is 59.5 Å². The van der Waals surface area contributed by atoms with Crippen LogP contribution in [0, 0.1) is 0 Å². The fourth-order valence-corrected chi connectivity index (χ4v) is 5.43. The number of nitrogens with zero attached hydrogens (tertiary/aromatic N) is 3. The fourth-order valence-electron chi connectivity index (χ4n) is 4.03. The van der Waals surface area contributed by atoms with E-state index in [1.165, 1.54) is 10.9 Å². The molecular weight excluding hydrogens is 489 g/mol. The number of phosphoric ester groups is 1. The number of phosphoric acid groups is 1. The summed E-state index contributed by atoms with van der Waals surface area (Å²) < 4.78 is 25.2. The first-order valence-electron chi connectivity index (χ1n) is 10.1. The third kappa shape index (κ3) is 4.26. The summed E-state index contributed by atoms with van der Waals surface area (Å²) in [7, 11) is -4.81. The highest BCUT2D eigenvalue weighted by atomic mass is 32.1. The summed E-state index contributed by atoms with van der Waals surface area (Å²) in [5.41, 5.74) is 5.52. The number of aliphatic hydroxyl groups is 2. The number of benzene rings is 1. The number of nitrogen functional groups attached to an aromatic ring is 1. The van der Waals surface area contributed by atoms with Gasteiger partial charge >= 0.3 is 13.5 Å². The predicted molar refractivity (Wildman–Crippen MR) is 120 cm³/mol. The van der Waals surface area contributed by atoms with Crippen LogP contribution in [0.1, 0.15) is 11.1 Å². The van der Waals surface area contributed by atoms with E-state index < -0.39 is 44.5 Å². The minimum atomic E-state index is -4.81. The maximum absolute atomic E-state index is 12.8. The van der Waals surface area contributed by atoms with E-state index in [0.717, 1.165) is 15.0 Å². The monoisotopic (exact) mass is 510 g/mol. The first kappa shape index (κ1) is 23.1. The number of thiophene rings is 1. The van der Waals surface area contributed by atoms with Crippen molar-refractivity contribution in [3.8, 4) is 0 Å². The molecule has 0 saturated carbocycles. The average molecular weight is 510 g/mol. The Balaban J connectivity index is 1.54. The summed E-state index contributed by atoms with van der Waals surface area (Å²) in [5, 5.41) is 22.0. The molecule has 5 rings (SSSR count). The van der Waals surface area contributed by atoms with Crippen molar-refractivity contribution in [3.63, 3.8) is 0 Å². The number of aromatic nitrogens is 4. The number of ether oxygens (including phenoxy) is 1. The Bertz CT molecular complexity index is 1450. The summed E-state index contributed by atoms with van der Waals surface area (Å²) in [6.07, 6.45) is -3.95. The van der Waals surface area contributed by atoms with Gasteiger partial charge in [-0.2, -0.15) is 0 Å². The molecule has 0 aliphatic carbocycles. The molecule has 1 aliphatic heterocycles. The predicted octanol–water partition coefficient (Wildman–Crippen LogP) is -0.414. The summed E-state index contributed by atoms with van der Waals surface area (Å²) in [5.74, 6) is -0.153. The van der Waals surface area contributed by atoms with Gasteiger partial charge in [-0.15, -0.1) is 11.3 Å². The molecule has 180 valence electrons. The lowest BCUT2D eigenvalue weighted by molar-refractivity contribution is -0.745. The molecule has 0 bridgehead atoms. The zero-order chi connectivity index (χ0) is 24.2. The van der Waals surface area contributed by atoms with Gasteiger partial charge in [0.2, 0.25) is 11.7 Å². The second-order valence-corrected chi connectivity index (χ2v) is 10.3. The van der Waals surface area contributed by atoms with Crippen LogP contribution in [0.2, 0.25) is 0 Å². The van der Waals surface area contributed by atoms with Crippen molar-refractivity contribution < 1.29 is 38.4 Å². The number of hydrogen-bond acceptors (Lipinski definition) is 9. The molecule has 34 heavy (non-hydrogen) atoms. The quantitative estimate of drug-likeness (QED) is 0.146. The lowest BCUT2D eigenvalue weighted by Crippen LogP contribution is -2.46. The number of nitrogens with one attached hydrogen (secondary N) is 1. The molecule has 1 saturated heterocycles. The molecule has 4 atom stereocenters. The maximum Gasteiger partial charge on any atom is 0.469 e. The van der Waals surface area contributed by atoms with Crippen LogP contribution >= 0.6 is 19.2 Å². The molecule has 0 spiro atoms. The van der Waals surface area contributed by atoms with Gasteiger partial charge in [-0.05, 0) is 17.5 Å². The number of imidazole rings is 1. The van der Waals surface area contributed by atoms with Gasteiger partial charge in [0.25, 0.3) is 11.5 Å². The molecule has 4 heterocycles. The number of aromatic amines is 1. The molecule has 1 fully saturated rings. The van der Waals surface area contributed by atoms with E-state index in [2.05, 4.69) is 14.5 Å². The first-order chi connectivity index (χ1) is 16.1. The number of fused-ring (bicyclic) bond motifs is 2. The molecule has 7 N–H and O–H groups in total. The van der Waals surface area contributed by atoms with Crippen LogP contribution in [0.15, 0.2) is 41.5 Å². The normalized spacial score (nSPS) is 23.3. The lowest BCUT2D eigenvalue weighted by Gasteiger charge is -2.14. The zero-order valence-corrected chi connectivity index (χ0v) is 19.1. The van der Waals surface area contributed by atoms with Crippen molar-refractivity contribution in [2.75, 3.05) is 12.3 Å². The van der Waals surface area contributed by atoms with Crippen molar-refractivity contribution in [2.45, 2.75) is 31.1 Å². The van der Waals surface area contributed by atoms with Crippen LogP contribution < -0.4 is 15.9 Å². The number of nitrogens with two attached hydrogens (primary N) is 1. The van der Waals surface area contributed by atoms with Crippen LogP contribution in [0.4, 0.5) is 5.95 Å². The third-order valence-corrected chi connectivity index (χ3v) is 7.10. The number of hydrogen-bond donors (Lipinski definition) is 6. The van der Waals surface area contributed by atoms with Crippen molar-refractivity contribution in [1.29, 1.82) is 0 Å². The Kier molecular flexibility index (Phi) is 5.78. The summed E-state index contributed by atoms with van der Waals surface area (Å²) in [4.78, 5) is 38.2. The minimum absolute atomic E-state index is 0.107. The maximum atomic E-state index is 12.8. The highest BCUT2D eigenvalue weighted by Gasteiger charge is 2.47. The van der Waals surface area contributed by atoms with Crippen molar-refractivity contribution >= 4 is 46.4 Å². The van der Waals surface area contributed by atoms with Gasteiger partial charge in [0.05, 0.1) is 6.61 Å². The summed E-state index contributed by atoms with van der Waals surface area (Å²) in [6, 6.07) is 9.87. The Morgan fingerprint density at radius 1 is 1.29 bits per heavy atom. The molecule has 15 heteroatoms. The number of anilines is 1. The molecule has 0 radical (unpaired) electrons. The van der Waals surface area contributed by atoms with Gasteiger partial charge in [-0.1, -0.05) is 23.2 Å². The van der Waals surface area contributed by atoms with E-state index in [-0.39, 0.29) is 17.1 Å². The topological polar surface area (TPSA) is 197 Å². The van der Waals surface area contributed by atoms with Crippen LogP contribution in [0.3, 0.4) is 0 Å². The zero-order valence-electron chi connectivity index (χ0n) is 17.4. The van der Waals surface area contributed by atoms with Gasteiger partial charge in [-0.3, -0.25) is 18.9 Å². The van der Waals surface area contributed by atoms with Crippen LogP contribution in [-0.2, 0) is 20.4 Å².